The zero-order valence-corrected chi connectivity index (χ0v) is 11.0. The highest BCUT2D eigenvalue weighted by atomic mass is 35.5. The number of β-amino-alcohol motifs (C(OH)–C–C–N with tert-alkyl or cyclic N) is 1. The molecule has 0 bridgehead atoms. The van der Waals surface area contributed by atoms with Crippen molar-refractivity contribution in [3.63, 3.8) is 0 Å². The lowest BCUT2D eigenvalue weighted by Gasteiger charge is -2.15. The Bertz CT molecular complexity index is 644. The Morgan fingerprint density at radius 2 is 2.21 bits per heavy atom. The second kappa shape index (κ2) is 4.79. The average Bonchev–Trinajstić information content (AvgIpc) is 2.84. The molecule has 98 valence electrons. The highest BCUT2D eigenvalue weighted by molar-refractivity contribution is 6.35. The molecule has 3 rings (SSSR count). The molecule has 0 aliphatic carbocycles. The largest absolute Gasteiger partial charge is 0.391 e. The number of benzene rings is 1. The lowest BCUT2D eigenvalue weighted by molar-refractivity contribution is 0.0759. The fourth-order valence-electron chi connectivity index (χ4n) is 2.33. The van der Waals surface area contributed by atoms with Gasteiger partial charge in [0.1, 0.15) is 5.69 Å². The van der Waals surface area contributed by atoms with E-state index in [0.717, 1.165) is 5.39 Å². The molecule has 0 spiro atoms. The second-order valence-corrected chi connectivity index (χ2v) is 5.11. The summed E-state index contributed by atoms with van der Waals surface area (Å²) < 4.78 is 0. The van der Waals surface area contributed by atoms with Gasteiger partial charge in [-0.2, -0.15) is 0 Å². The number of likely N-dealkylation sites (tertiary alicyclic amines) is 1. The summed E-state index contributed by atoms with van der Waals surface area (Å²) in [6, 6.07) is 9.04. The van der Waals surface area contributed by atoms with Gasteiger partial charge in [0.25, 0.3) is 5.91 Å². The van der Waals surface area contributed by atoms with Gasteiger partial charge in [-0.15, -0.1) is 0 Å². The Hall–Kier alpha value is -1.65. The molecule has 19 heavy (non-hydrogen) atoms. The first kappa shape index (κ1) is 12.4. The number of hydrogen-bond acceptors (Lipinski definition) is 3. The van der Waals surface area contributed by atoms with Crippen molar-refractivity contribution in [2.24, 2.45) is 0 Å². The first-order valence-corrected chi connectivity index (χ1v) is 6.55. The minimum absolute atomic E-state index is 0.177. The summed E-state index contributed by atoms with van der Waals surface area (Å²) in [7, 11) is 0. The average molecular weight is 277 g/mol. The molecule has 1 fully saturated rings. The Morgan fingerprint density at radius 1 is 1.42 bits per heavy atom. The molecule has 1 aliphatic heterocycles. The summed E-state index contributed by atoms with van der Waals surface area (Å²) in [5.74, 6) is -0.177. The highest BCUT2D eigenvalue weighted by Crippen LogP contribution is 2.24. The maximum absolute atomic E-state index is 12.3. The lowest BCUT2D eigenvalue weighted by atomic mass is 10.2. The van der Waals surface area contributed by atoms with E-state index >= 15 is 0 Å². The number of para-hydroxylation sites is 1. The van der Waals surface area contributed by atoms with Gasteiger partial charge in [0.15, 0.2) is 0 Å². The third-order valence-electron chi connectivity index (χ3n) is 3.34. The standard InChI is InChI=1S/C14H13ClN2O2/c15-11-7-13(14(19)17-6-5-9(18)8-17)16-12-4-2-1-3-10(11)12/h1-4,7,9,18H,5-6,8H2. The number of rotatable bonds is 1. The van der Waals surface area contributed by atoms with Crippen LogP contribution in [0, 0.1) is 0 Å². The van der Waals surface area contributed by atoms with Crippen LogP contribution in [0.25, 0.3) is 10.9 Å². The molecule has 4 nitrogen and oxygen atoms in total. The molecule has 0 radical (unpaired) electrons. The molecule has 0 saturated carbocycles. The molecule has 1 atom stereocenters. The normalized spacial score (nSPS) is 19.1. The number of fused-ring (bicyclic) bond motifs is 1. The third kappa shape index (κ3) is 2.29. The smallest absolute Gasteiger partial charge is 0.272 e. The predicted octanol–water partition coefficient (Wildman–Crippen LogP) is 2.09. The third-order valence-corrected chi connectivity index (χ3v) is 3.65. The van der Waals surface area contributed by atoms with E-state index in [1.165, 1.54) is 0 Å². The van der Waals surface area contributed by atoms with E-state index in [9.17, 15) is 9.90 Å². The van der Waals surface area contributed by atoms with Crippen LogP contribution in [0.15, 0.2) is 30.3 Å². The van der Waals surface area contributed by atoms with Crippen LogP contribution >= 0.6 is 11.6 Å². The van der Waals surface area contributed by atoms with Gasteiger partial charge in [0, 0.05) is 18.5 Å². The molecule has 2 heterocycles. The summed E-state index contributed by atoms with van der Waals surface area (Å²) >= 11 is 6.18. The van der Waals surface area contributed by atoms with Crippen LogP contribution < -0.4 is 0 Å². The van der Waals surface area contributed by atoms with Crippen molar-refractivity contribution in [1.82, 2.24) is 9.88 Å². The summed E-state index contributed by atoms with van der Waals surface area (Å²) in [6.07, 6.45) is 0.187. The number of pyridine rings is 1. The van der Waals surface area contributed by atoms with Crippen molar-refractivity contribution in [3.8, 4) is 0 Å². The number of aliphatic hydroxyl groups excluding tert-OH is 1. The number of nitrogens with zero attached hydrogens (tertiary/aromatic N) is 2. The minimum Gasteiger partial charge on any atom is -0.391 e. The van der Waals surface area contributed by atoms with Crippen LogP contribution in [0.5, 0.6) is 0 Å². The van der Waals surface area contributed by atoms with Gasteiger partial charge in [0.2, 0.25) is 0 Å². The lowest BCUT2D eigenvalue weighted by Crippen LogP contribution is -2.30. The number of hydrogen-bond donors (Lipinski definition) is 1. The summed E-state index contributed by atoms with van der Waals surface area (Å²) in [4.78, 5) is 18.2. The van der Waals surface area contributed by atoms with Gasteiger partial charge in [-0.05, 0) is 18.6 Å². The van der Waals surface area contributed by atoms with Gasteiger partial charge in [-0.25, -0.2) is 4.98 Å². The molecule has 1 unspecified atom stereocenters. The molecule has 1 aromatic heterocycles. The van der Waals surface area contributed by atoms with Crippen LogP contribution in [0.4, 0.5) is 0 Å². The second-order valence-electron chi connectivity index (χ2n) is 4.70. The zero-order chi connectivity index (χ0) is 13.4. The quantitative estimate of drug-likeness (QED) is 0.868. The fourth-order valence-corrected chi connectivity index (χ4v) is 2.59. The number of amides is 1. The van der Waals surface area contributed by atoms with Gasteiger partial charge in [-0.3, -0.25) is 4.79 Å². The van der Waals surface area contributed by atoms with Crippen molar-refractivity contribution in [2.45, 2.75) is 12.5 Å². The van der Waals surface area contributed by atoms with Crippen molar-refractivity contribution >= 4 is 28.4 Å². The fraction of sp³-hybridized carbons (Fsp3) is 0.286. The number of carbonyl (C=O) groups is 1. The minimum atomic E-state index is -0.431. The molecular weight excluding hydrogens is 264 g/mol. The summed E-state index contributed by atoms with van der Waals surface area (Å²) in [5, 5.41) is 10.8. The van der Waals surface area contributed by atoms with E-state index in [1.807, 2.05) is 24.3 Å². The van der Waals surface area contributed by atoms with E-state index in [-0.39, 0.29) is 5.91 Å². The molecule has 1 amide bonds. The molecule has 5 heteroatoms. The van der Waals surface area contributed by atoms with Crippen LogP contribution in [0.1, 0.15) is 16.9 Å². The maximum atomic E-state index is 12.3. The first-order valence-electron chi connectivity index (χ1n) is 6.18. The number of aromatic nitrogens is 1. The Morgan fingerprint density at radius 3 is 2.95 bits per heavy atom. The summed E-state index contributed by atoms with van der Waals surface area (Å²) in [5.41, 5.74) is 1.04. The zero-order valence-electron chi connectivity index (χ0n) is 10.2. The van der Waals surface area contributed by atoms with Gasteiger partial charge in [-0.1, -0.05) is 29.8 Å². The molecule has 1 saturated heterocycles. The van der Waals surface area contributed by atoms with Crippen LogP contribution in [0.3, 0.4) is 0 Å². The van der Waals surface area contributed by atoms with E-state index in [1.54, 1.807) is 11.0 Å². The van der Waals surface area contributed by atoms with Gasteiger partial charge >= 0.3 is 0 Å². The Kier molecular flexibility index (Phi) is 3.12. The van der Waals surface area contributed by atoms with E-state index < -0.39 is 6.10 Å². The van der Waals surface area contributed by atoms with E-state index in [2.05, 4.69) is 4.98 Å². The summed E-state index contributed by atoms with van der Waals surface area (Å²) in [6.45, 7) is 0.928. The first-order chi connectivity index (χ1) is 9.15. The van der Waals surface area contributed by atoms with Crippen LogP contribution in [-0.2, 0) is 0 Å². The predicted molar refractivity (Wildman–Crippen MR) is 73.3 cm³/mol. The molecule has 1 N–H and O–H groups in total. The van der Waals surface area contributed by atoms with Gasteiger partial charge in [0.05, 0.1) is 16.6 Å². The van der Waals surface area contributed by atoms with Crippen molar-refractivity contribution in [3.05, 3.63) is 41.0 Å². The maximum Gasteiger partial charge on any atom is 0.272 e. The van der Waals surface area contributed by atoms with E-state index in [0.29, 0.717) is 35.7 Å². The molecule has 2 aromatic rings. The highest BCUT2D eigenvalue weighted by Gasteiger charge is 2.26. The van der Waals surface area contributed by atoms with E-state index in [4.69, 9.17) is 11.6 Å². The van der Waals surface area contributed by atoms with Crippen molar-refractivity contribution < 1.29 is 9.90 Å². The topological polar surface area (TPSA) is 53.4 Å². The monoisotopic (exact) mass is 276 g/mol. The SMILES string of the molecule is O=C(c1cc(Cl)c2ccccc2n1)N1CCC(O)C1. The van der Waals surface area contributed by atoms with Gasteiger partial charge < -0.3 is 10.0 Å². The Balaban J connectivity index is 1.99. The van der Waals surface area contributed by atoms with Crippen molar-refractivity contribution in [1.29, 1.82) is 0 Å². The molecule has 1 aliphatic rings. The number of aliphatic hydroxyl groups is 1. The number of halogens is 1. The van der Waals surface area contributed by atoms with Crippen LogP contribution in [0.2, 0.25) is 5.02 Å². The van der Waals surface area contributed by atoms with Crippen LogP contribution in [-0.4, -0.2) is 40.1 Å². The molecular formula is C14H13ClN2O2. The number of carbonyl (C=O) groups excluding carboxylic acids is 1. The Labute approximate surface area is 115 Å². The molecule has 1 aromatic carbocycles. The van der Waals surface area contributed by atoms with Crippen molar-refractivity contribution in [2.75, 3.05) is 13.1 Å².